The molecule has 0 unspecified atom stereocenters. The van der Waals surface area contributed by atoms with E-state index in [1.165, 1.54) is 11.1 Å². The maximum atomic E-state index is 5.48. The van der Waals surface area contributed by atoms with Gasteiger partial charge in [0.1, 0.15) is 24.7 Å². The average molecular weight is 294 g/mol. The van der Waals surface area contributed by atoms with Crippen LogP contribution in [-0.4, -0.2) is 13.2 Å². The quantitative estimate of drug-likeness (QED) is 0.629. The summed E-state index contributed by atoms with van der Waals surface area (Å²) in [6.45, 7) is 8.36. The van der Waals surface area contributed by atoms with Gasteiger partial charge in [-0.15, -0.1) is 0 Å². The van der Waals surface area contributed by atoms with Crippen LogP contribution in [0.2, 0.25) is 0 Å². The monoisotopic (exact) mass is 294 g/mol. The Morgan fingerprint density at radius 2 is 1.00 bits per heavy atom. The van der Waals surface area contributed by atoms with Gasteiger partial charge in [-0.25, -0.2) is 0 Å². The van der Waals surface area contributed by atoms with E-state index in [1.54, 1.807) is 12.2 Å². The van der Waals surface area contributed by atoms with Gasteiger partial charge in [0, 0.05) is 0 Å². The van der Waals surface area contributed by atoms with Gasteiger partial charge in [0.15, 0.2) is 0 Å². The van der Waals surface area contributed by atoms with Crippen LogP contribution in [0.1, 0.15) is 11.1 Å². The van der Waals surface area contributed by atoms with Crippen molar-refractivity contribution in [1.82, 2.24) is 0 Å². The number of hydrogen-bond donors (Lipinski definition) is 0. The highest BCUT2D eigenvalue weighted by Crippen LogP contribution is 2.16. The van der Waals surface area contributed by atoms with Crippen molar-refractivity contribution in [3.8, 4) is 11.5 Å². The lowest BCUT2D eigenvalue weighted by molar-refractivity contribution is 0.363. The van der Waals surface area contributed by atoms with Crippen molar-refractivity contribution in [3.63, 3.8) is 0 Å². The summed E-state index contributed by atoms with van der Waals surface area (Å²) < 4.78 is 11.0. The fourth-order valence-corrected chi connectivity index (χ4v) is 2.10. The topological polar surface area (TPSA) is 18.5 Å². The van der Waals surface area contributed by atoms with E-state index < -0.39 is 0 Å². The number of benzene rings is 2. The van der Waals surface area contributed by atoms with Crippen LogP contribution in [0.4, 0.5) is 0 Å². The van der Waals surface area contributed by atoms with Gasteiger partial charge in [-0.3, -0.25) is 0 Å². The van der Waals surface area contributed by atoms with Crippen LogP contribution in [0.5, 0.6) is 11.5 Å². The summed E-state index contributed by atoms with van der Waals surface area (Å²) in [5.41, 5.74) is 2.61. The Hall–Kier alpha value is -2.48. The second-order valence-corrected chi connectivity index (χ2v) is 4.99. The van der Waals surface area contributed by atoms with Crippen molar-refractivity contribution in [2.24, 2.45) is 0 Å². The number of hydrogen-bond acceptors (Lipinski definition) is 2. The first-order valence-electron chi connectivity index (χ1n) is 7.47. The fraction of sp³-hybridized carbons (Fsp3) is 0.200. The van der Waals surface area contributed by atoms with Crippen LogP contribution in [0.15, 0.2) is 73.8 Å². The first-order chi connectivity index (χ1) is 10.8. The first kappa shape index (κ1) is 15.9. The van der Waals surface area contributed by atoms with E-state index in [0.717, 1.165) is 24.3 Å². The van der Waals surface area contributed by atoms with Gasteiger partial charge in [0.05, 0.1) is 0 Å². The lowest BCUT2D eigenvalue weighted by Crippen LogP contribution is -1.95. The van der Waals surface area contributed by atoms with Gasteiger partial charge < -0.3 is 9.47 Å². The summed E-state index contributed by atoms with van der Waals surface area (Å²) in [6.07, 6.45) is 5.51. The maximum Gasteiger partial charge on any atom is 0.119 e. The fourth-order valence-electron chi connectivity index (χ4n) is 2.10. The molecule has 0 aliphatic heterocycles. The molecule has 2 heteroatoms. The summed E-state index contributed by atoms with van der Waals surface area (Å²) >= 11 is 0. The SMILES string of the molecule is C=CCOc1ccc(CCc2ccc(OCC=C)cc2)cc1. The Morgan fingerprint density at radius 3 is 1.32 bits per heavy atom. The minimum atomic E-state index is 0.541. The molecule has 0 saturated carbocycles. The molecule has 2 rings (SSSR count). The zero-order valence-electron chi connectivity index (χ0n) is 12.8. The van der Waals surface area contributed by atoms with E-state index in [9.17, 15) is 0 Å². The Bertz CT molecular complexity index is 527. The largest absolute Gasteiger partial charge is 0.490 e. The van der Waals surface area contributed by atoms with Crippen LogP contribution in [0, 0.1) is 0 Å². The molecule has 114 valence electrons. The van der Waals surface area contributed by atoms with Gasteiger partial charge in [-0.2, -0.15) is 0 Å². The third kappa shape index (κ3) is 5.13. The van der Waals surface area contributed by atoms with Crippen LogP contribution >= 0.6 is 0 Å². The molecule has 0 fully saturated rings. The molecule has 0 saturated heterocycles. The van der Waals surface area contributed by atoms with Gasteiger partial charge in [-0.05, 0) is 48.2 Å². The molecule has 0 aliphatic rings. The van der Waals surface area contributed by atoms with E-state index in [4.69, 9.17) is 9.47 Å². The summed E-state index contributed by atoms with van der Waals surface area (Å²) in [7, 11) is 0. The molecule has 0 aliphatic carbocycles. The lowest BCUT2D eigenvalue weighted by atomic mass is 10.0. The second-order valence-electron chi connectivity index (χ2n) is 4.99. The predicted molar refractivity (Wildman–Crippen MR) is 91.7 cm³/mol. The van der Waals surface area contributed by atoms with E-state index >= 15 is 0 Å². The molecule has 2 aromatic rings. The summed E-state index contributed by atoms with van der Waals surface area (Å²) in [5, 5.41) is 0. The predicted octanol–water partition coefficient (Wildman–Crippen LogP) is 4.60. The van der Waals surface area contributed by atoms with Crippen molar-refractivity contribution in [3.05, 3.63) is 85.0 Å². The van der Waals surface area contributed by atoms with Crippen molar-refractivity contribution in [2.75, 3.05) is 13.2 Å². The standard InChI is InChI=1S/C20H22O2/c1-3-15-21-19-11-7-17(8-12-19)5-6-18-9-13-20(14-10-18)22-16-4-2/h3-4,7-14H,1-2,5-6,15-16H2. The number of aryl methyl sites for hydroxylation is 2. The van der Waals surface area contributed by atoms with Crippen molar-refractivity contribution < 1.29 is 9.47 Å². The lowest BCUT2D eigenvalue weighted by Gasteiger charge is -2.07. The Kier molecular flexibility index (Phi) is 6.31. The molecular formula is C20H22O2. The molecule has 0 radical (unpaired) electrons. The minimum Gasteiger partial charge on any atom is -0.490 e. The number of rotatable bonds is 9. The van der Waals surface area contributed by atoms with Crippen LogP contribution < -0.4 is 9.47 Å². The van der Waals surface area contributed by atoms with Crippen molar-refractivity contribution in [1.29, 1.82) is 0 Å². The molecule has 0 amide bonds. The second kappa shape index (κ2) is 8.73. The van der Waals surface area contributed by atoms with Crippen LogP contribution in [0.3, 0.4) is 0 Å². The summed E-state index contributed by atoms with van der Waals surface area (Å²) in [4.78, 5) is 0. The normalized spacial score (nSPS) is 10.0. The Morgan fingerprint density at radius 1 is 0.636 bits per heavy atom. The van der Waals surface area contributed by atoms with Gasteiger partial charge >= 0.3 is 0 Å². The Labute approximate surface area is 132 Å². The number of ether oxygens (including phenoxy) is 2. The van der Waals surface area contributed by atoms with E-state index in [1.807, 2.05) is 24.3 Å². The third-order valence-electron chi connectivity index (χ3n) is 3.28. The first-order valence-corrected chi connectivity index (χ1v) is 7.47. The van der Waals surface area contributed by atoms with Crippen molar-refractivity contribution >= 4 is 0 Å². The van der Waals surface area contributed by atoms with Crippen LogP contribution in [0.25, 0.3) is 0 Å². The van der Waals surface area contributed by atoms with E-state index in [2.05, 4.69) is 37.4 Å². The molecule has 0 spiro atoms. The zero-order chi connectivity index (χ0) is 15.6. The molecule has 2 aromatic carbocycles. The molecule has 22 heavy (non-hydrogen) atoms. The van der Waals surface area contributed by atoms with Gasteiger partial charge in [0.25, 0.3) is 0 Å². The van der Waals surface area contributed by atoms with E-state index in [-0.39, 0.29) is 0 Å². The molecular weight excluding hydrogens is 272 g/mol. The van der Waals surface area contributed by atoms with Gasteiger partial charge in [0.2, 0.25) is 0 Å². The zero-order valence-corrected chi connectivity index (χ0v) is 12.8. The maximum absolute atomic E-state index is 5.48. The summed E-state index contributed by atoms with van der Waals surface area (Å²) in [6, 6.07) is 16.5. The van der Waals surface area contributed by atoms with Crippen LogP contribution in [-0.2, 0) is 12.8 Å². The third-order valence-corrected chi connectivity index (χ3v) is 3.28. The summed E-state index contributed by atoms with van der Waals surface area (Å²) in [5.74, 6) is 1.76. The van der Waals surface area contributed by atoms with Crippen molar-refractivity contribution in [2.45, 2.75) is 12.8 Å². The molecule has 0 aromatic heterocycles. The highest BCUT2D eigenvalue weighted by Gasteiger charge is 1.99. The highest BCUT2D eigenvalue weighted by atomic mass is 16.5. The molecule has 0 N–H and O–H groups in total. The average Bonchev–Trinajstić information content (AvgIpc) is 2.58. The smallest absolute Gasteiger partial charge is 0.119 e. The molecule has 0 heterocycles. The minimum absolute atomic E-state index is 0.541. The molecule has 0 bridgehead atoms. The Balaban J connectivity index is 1.84. The highest BCUT2D eigenvalue weighted by molar-refractivity contribution is 5.30. The van der Waals surface area contributed by atoms with E-state index in [0.29, 0.717) is 13.2 Å². The van der Waals surface area contributed by atoms with Gasteiger partial charge in [-0.1, -0.05) is 49.6 Å². The molecule has 2 nitrogen and oxygen atoms in total. The molecule has 0 atom stereocenters.